The van der Waals surface area contributed by atoms with Crippen LogP contribution >= 0.6 is 0 Å². The quantitative estimate of drug-likeness (QED) is 0.738. The van der Waals surface area contributed by atoms with Gasteiger partial charge in [0.15, 0.2) is 11.4 Å². The summed E-state index contributed by atoms with van der Waals surface area (Å²) in [7, 11) is 0. The van der Waals surface area contributed by atoms with Gasteiger partial charge in [-0.2, -0.15) is 13.2 Å². The smallest absolute Gasteiger partial charge is 0.417 e. The number of nitrogens with zero attached hydrogens (tertiary/aromatic N) is 3. The Bertz CT molecular complexity index is 905. The SMILES string of the molecule is N[C@H]1CCCN(c2ncnc3c2oc2cccc(C(F)(F)F)c23)C1. The molecule has 1 fully saturated rings. The third-order valence-corrected chi connectivity index (χ3v) is 4.32. The lowest BCUT2D eigenvalue weighted by atomic mass is 10.1. The molecular weight excluding hydrogens is 321 g/mol. The molecule has 3 aromatic rings. The number of aromatic nitrogens is 2. The third kappa shape index (κ3) is 2.37. The van der Waals surface area contributed by atoms with Crippen LogP contribution < -0.4 is 10.6 Å². The van der Waals surface area contributed by atoms with Crippen molar-refractivity contribution in [3.05, 3.63) is 30.1 Å². The zero-order valence-electron chi connectivity index (χ0n) is 12.7. The average molecular weight is 336 g/mol. The lowest BCUT2D eigenvalue weighted by Gasteiger charge is -2.31. The zero-order valence-corrected chi connectivity index (χ0v) is 12.7. The standard InChI is InChI=1S/C16H15F3N4O/c17-16(18,19)10-4-1-5-11-12(10)13-14(24-11)15(22-8-21-13)23-6-2-3-9(20)7-23/h1,4-5,8-9H,2-3,6-7,20H2/t9-/m0/s1. The van der Waals surface area contributed by atoms with Crippen LogP contribution in [0.25, 0.3) is 22.1 Å². The van der Waals surface area contributed by atoms with E-state index in [2.05, 4.69) is 9.97 Å². The highest BCUT2D eigenvalue weighted by atomic mass is 19.4. The second-order valence-corrected chi connectivity index (χ2v) is 6.00. The summed E-state index contributed by atoms with van der Waals surface area (Å²) in [5, 5.41) is -0.0232. The van der Waals surface area contributed by atoms with Gasteiger partial charge in [0.1, 0.15) is 17.4 Å². The number of furan rings is 1. The van der Waals surface area contributed by atoms with Crippen molar-refractivity contribution in [1.82, 2.24) is 9.97 Å². The molecule has 0 aliphatic carbocycles. The first-order valence-electron chi connectivity index (χ1n) is 7.69. The van der Waals surface area contributed by atoms with Gasteiger partial charge in [-0.05, 0) is 25.0 Å². The molecule has 0 bridgehead atoms. The summed E-state index contributed by atoms with van der Waals surface area (Å²) >= 11 is 0. The molecule has 0 spiro atoms. The molecule has 2 N–H and O–H groups in total. The van der Waals surface area contributed by atoms with E-state index >= 15 is 0 Å². The van der Waals surface area contributed by atoms with Crippen molar-refractivity contribution in [1.29, 1.82) is 0 Å². The van der Waals surface area contributed by atoms with E-state index in [1.807, 2.05) is 4.90 Å². The van der Waals surface area contributed by atoms with E-state index in [-0.39, 0.29) is 28.1 Å². The van der Waals surface area contributed by atoms with E-state index in [9.17, 15) is 13.2 Å². The Balaban J connectivity index is 1.96. The number of halogens is 3. The number of nitrogens with two attached hydrogens (primary N) is 1. The number of piperidine rings is 1. The topological polar surface area (TPSA) is 68.2 Å². The Hall–Kier alpha value is -2.35. The average Bonchev–Trinajstić information content (AvgIpc) is 2.92. The van der Waals surface area contributed by atoms with E-state index in [1.54, 1.807) is 0 Å². The maximum atomic E-state index is 13.3. The number of alkyl halides is 3. The van der Waals surface area contributed by atoms with Crippen LogP contribution in [0.15, 0.2) is 28.9 Å². The lowest BCUT2D eigenvalue weighted by Crippen LogP contribution is -2.43. The van der Waals surface area contributed by atoms with E-state index < -0.39 is 11.7 Å². The predicted octanol–water partition coefficient (Wildman–Crippen LogP) is 3.32. The van der Waals surface area contributed by atoms with Crippen LogP contribution in [0.2, 0.25) is 0 Å². The largest absolute Gasteiger partial charge is 0.450 e. The van der Waals surface area contributed by atoms with Crippen molar-refractivity contribution in [3.63, 3.8) is 0 Å². The highest BCUT2D eigenvalue weighted by Gasteiger charge is 2.35. The molecule has 1 aliphatic rings. The molecule has 0 unspecified atom stereocenters. The molecule has 5 nitrogen and oxygen atoms in total. The lowest BCUT2D eigenvalue weighted by molar-refractivity contribution is -0.136. The van der Waals surface area contributed by atoms with Crippen molar-refractivity contribution in [2.45, 2.75) is 25.1 Å². The minimum Gasteiger partial charge on any atom is -0.450 e. The molecule has 0 saturated carbocycles. The van der Waals surface area contributed by atoms with E-state index in [1.165, 1.54) is 18.5 Å². The molecule has 126 valence electrons. The van der Waals surface area contributed by atoms with Gasteiger partial charge in [0.05, 0.1) is 10.9 Å². The number of fused-ring (bicyclic) bond motifs is 3. The Labute approximate surface area is 135 Å². The number of hydrogen-bond acceptors (Lipinski definition) is 5. The van der Waals surface area contributed by atoms with Crippen molar-refractivity contribution in [2.24, 2.45) is 5.73 Å². The van der Waals surface area contributed by atoms with Crippen LogP contribution in [0.3, 0.4) is 0 Å². The molecule has 24 heavy (non-hydrogen) atoms. The highest BCUT2D eigenvalue weighted by Crippen LogP contribution is 2.40. The number of anilines is 1. The van der Waals surface area contributed by atoms with Gasteiger partial charge < -0.3 is 15.1 Å². The molecule has 8 heteroatoms. The molecule has 1 saturated heterocycles. The molecule has 1 aromatic carbocycles. The zero-order chi connectivity index (χ0) is 16.9. The first-order valence-corrected chi connectivity index (χ1v) is 7.69. The summed E-state index contributed by atoms with van der Waals surface area (Å²) in [5.41, 5.74) is 5.86. The molecular formula is C16H15F3N4O. The minimum absolute atomic E-state index is 0.0129. The first kappa shape index (κ1) is 15.2. The maximum Gasteiger partial charge on any atom is 0.417 e. The van der Waals surface area contributed by atoms with Gasteiger partial charge in [-0.25, -0.2) is 9.97 Å². The Morgan fingerprint density at radius 1 is 1.25 bits per heavy atom. The van der Waals surface area contributed by atoms with E-state index in [0.29, 0.717) is 12.4 Å². The van der Waals surface area contributed by atoms with E-state index in [0.717, 1.165) is 25.5 Å². The molecule has 0 amide bonds. The van der Waals surface area contributed by atoms with Gasteiger partial charge in [0, 0.05) is 19.1 Å². The summed E-state index contributed by atoms with van der Waals surface area (Å²) < 4.78 is 45.7. The van der Waals surface area contributed by atoms with Crippen molar-refractivity contribution >= 4 is 27.9 Å². The third-order valence-electron chi connectivity index (χ3n) is 4.32. The fraction of sp³-hybridized carbons (Fsp3) is 0.375. The van der Waals surface area contributed by atoms with Gasteiger partial charge >= 0.3 is 6.18 Å². The fourth-order valence-corrected chi connectivity index (χ4v) is 3.27. The highest BCUT2D eigenvalue weighted by molar-refractivity contribution is 6.07. The maximum absolute atomic E-state index is 13.3. The van der Waals surface area contributed by atoms with Crippen LogP contribution in [-0.4, -0.2) is 29.1 Å². The first-order chi connectivity index (χ1) is 11.4. The molecule has 1 atom stereocenters. The molecule has 2 aromatic heterocycles. The Morgan fingerprint density at radius 3 is 2.83 bits per heavy atom. The van der Waals surface area contributed by atoms with Crippen molar-refractivity contribution in [2.75, 3.05) is 18.0 Å². The summed E-state index contributed by atoms with van der Waals surface area (Å²) in [4.78, 5) is 10.2. The number of rotatable bonds is 1. The summed E-state index contributed by atoms with van der Waals surface area (Å²) in [5.74, 6) is 0.500. The summed E-state index contributed by atoms with van der Waals surface area (Å²) in [6.45, 7) is 1.33. The summed E-state index contributed by atoms with van der Waals surface area (Å²) in [6.07, 6.45) is -1.38. The second kappa shape index (κ2) is 5.34. The van der Waals surface area contributed by atoms with Gasteiger partial charge in [0.25, 0.3) is 0 Å². The Morgan fingerprint density at radius 2 is 2.08 bits per heavy atom. The van der Waals surface area contributed by atoms with Gasteiger partial charge in [-0.1, -0.05) is 6.07 Å². The number of hydrogen-bond donors (Lipinski definition) is 1. The van der Waals surface area contributed by atoms with Crippen LogP contribution in [-0.2, 0) is 6.18 Å². The van der Waals surface area contributed by atoms with Gasteiger partial charge in [-0.15, -0.1) is 0 Å². The summed E-state index contributed by atoms with van der Waals surface area (Å²) in [6, 6.07) is 3.89. The van der Waals surface area contributed by atoms with Crippen LogP contribution in [0.1, 0.15) is 18.4 Å². The minimum atomic E-state index is -4.48. The van der Waals surface area contributed by atoms with E-state index in [4.69, 9.17) is 10.2 Å². The van der Waals surface area contributed by atoms with Gasteiger partial charge in [0.2, 0.25) is 0 Å². The van der Waals surface area contributed by atoms with Crippen LogP contribution in [0, 0.1) is 0 Å². The predicted molar refractivity (Wildman–Crippen MR) is 83.7 cm³/mol. The second-order valence-electron chi connectivity index (χ2n) is 6.00. The normalized spacial score (nSPS) is 19.3. The van der Waals surface area contributed by atoms with Crippen LogP contribution in [0.5, 0.6) is 0 Å². The van der Waals surface area contributed by atoms with Gasteiger partial charge in [-0.3, -0.25) is 0 Å². The monoisotopic (exact) mass is 336 g/mol. The molecule has 3 heterocycles. The van der Waals surface area contributed by atoms with Crippen molar-refractivity contribution in [3.8, 4) is 0 Å². The Kier molecular flexibility index (Phi) is 3.38. The molecule has 4 rings (SSSR count). The molecule has 1 aliphatic heterocycles. The molecule has 0 radical (unpaired) electrons. The van der Waals surface area contributed by atoms with Crippen LogP contribution in [0.4, 0.5) is 19.0 Å². The number of benzene rings is 1. The van der Waals surface area contributed by atoms with Crippen molar-refractivity contribution < 1.29 is 17.6 Å². The fourth-order valence-electron chi connectivity index (χ4n) is 3.27.